The summed E-state index contributed by atoms with van der Waals surface area (Å²) in [5.74, 6) is 0.321. The molecule has 0 spiro atoms. The van der Waals surface area contributed by atoms with Crippen molar-refractivity contribution in [2.45, 2.75) is 28.4 Å². The van der Waals surface area contributed by atoms with E-state index < -0.39 is 10.0 Å². The SMILES string of the molecule is COc1ccc(NS(=O)(=O)c2ccc3c(c2)NC(=O)CC(C)S3)cc1Cl. The quantitative estimate of drug-likeness (QED) is 0.793. The molecule has 3 rings (SSSR count). The number of amides is 1. The molecule has 2 N–H and O–H groups in total. The van der Waals surface area contributed by atoms with Gasteiger partial charge in [0.15, 0.2) is 0 Å². The van der Waals surface area contributed by atoms with Crippen LogP contribution in [0.25, 0.3) is 0 Å². The van der Waals surface area contributed by atoms with Crippen LogP contribution in [0.4, 0.5) is 11.4 Å². The first-order valence-corrected chi connectivity index (χ1v) is 10.5. The van der Waals surface area contributed by atoms with E-state index in [1.807, 2.05) is 6.92 Å². The first kappa shape index (κ1) is 18.9. The van der Waals surface area contributed by atoms with E-state index >= 15 is 0 Å². The molecule has 1 aliphatic heterocycles. The number of hydrogen-bond donors (Lipinski definition) is 2. The molecule has 26 heavy (non-hydrogen) atoms. The highest BCUT2D eigenvalue weighted by atomic mass is 35.5. The maximum atomic E-state index is 12.7. The molecule has 1 unspecified atom stereocenters. The zero-order valence-corrected chi connectivity index (χ0v) is 16.5. The number of hydrogen-bond acceptors (Lipinski definition) is 5. The van der Waals surface area contributed by atoms with Crippen LogP contribution in [0.1, 0.15) is 13.3 Å². The number of anilines is 2. The van der Waals surface area contributed by atoms with Crippen LogP contribution < -0.4 is 14.8 Å². The van der Waals surface area contributed by atoms with Gasteiger partial charge in [-0.3, -0.25) is 9.52 Å². The van der Waals surface area contributed by atoms with E-state index in [0.717, 1.165) is 4.90 Å². The smallest absolute Gasteiger partial charge is 0.261 e. The highest BCUT2D eigenvalue weighted by Crippen LogP contribution is 2.36. The minimum absolute atomic E-state index is 0.0543. The first-order valence-electron chi connectivity index (χ1n) is 7.75. The Labute approximate surface area is 161 Å². The number of thioether (sulfide) groups is 1. The number of carbonyl (C=O) groups excluding carboxylic acids is 1. The molecule has 1 heterocycles. The number of methoxy groups -OCH3 is 1. The second-order valence-electron chi connectivity index (χ2n) is 5.79. The molecule has 2 aromatic carbocycles. The largest absolute Gasteiger partial charge is 0.495 e. The van der Waals surface area contributed by atoms with Gasteiger partial charge in [-0.15, -0.1) is 11.8 Å². The van der Waals surface area contributed by atoms with Gasteiger partial charge in [0, 0.05) is 16.6 Å². The summed E-state index contributed by atoms with van der Waals surface area (Å²) in [7, 11) is -2.36. The Morgan fingerprint density at radius 2 is 2.04 bits per heavy atom. The van der Waals surface area contributed by atoms with Gasteiger partial charge in [-0.1, -0.05) is 18.5 Å². The molecule has 0 aromatic heterocycles. The molecule has 6 nitrogen and oxygen atoms in total. The monoisotopic (exact) mass is 412 g/mol. The van der Waals surface area contributed by atoms with Gasteiger partial charge in [0.1, 0.15) is 5.75 Å². The highest BCUT2D eigenvalue weighted by Gasteiger charge is 2.22. The van der Waals surface area contributed by atoms with E-state index in [1.165, 1.54) is 37.1 Å². The van der Waals surface area contributed by atoms with Crippen LogP contribution >= 0.6 is 23.4 Å². The highest BCUT2D eigenvalue weighted by molar-refractivity contribution is 8.00. The number of benzene rings is 2. The molecule has 1 atom stereocenters. The van der Waals surface area contributed by atoms with Crippen molar-refractivity contribution in [1.29, 1.82) is 0 Å². The molecule has 0 radical (unpaired) electrons. The summed E-state index contributed by atoms with van der Waals surface area (Å²) in [6.45, 7) is 1.96. The number of nitrogens with one attached hydrogen (secondary N) is 2. The minimum Gasteiger partial charge on any atom is -0.495 e. The van der Waals surface area contributed by atoms with Crippen molar-refractivity contribution in [3.8, 4) is 5.75 Å². The zero-order chi connectivity index (χ0) is 18.9. The fraction of sp³-hybridized carbons (Fsp3) is 0.235. The minimum atomic E-state index is -3.84. The van der Waals surface area contributed by atoms with E-state index in [2.05, 4.69) is 10.0 Å². The topological polar surface area (TPSA) is 84.5 Å². The molecule has 0 fully saturated rings. The van der Waals surface area contributed by atoms with Crippen molar-refractivity contribution < 1.29 is 17.9 Å². The second-order valence-corrected chi connectivity index (χ2v) is 9.36. The molecule has 1 amide bonds. The Bertz CT molecular complexity index is 963. The Kier molecular flexibility index (Phi) is 5.36. The molecule has 138 valence electrons. The van der Waals surface area contributed by atoms with Gasteiger partial charge < -0.3 is 10.1 Å². The molecule has 0 saturated carbocycles. The summed E-state index contributed by atoms with van der Waals surface area (Å²) in [4.78, 5) is 12.8. The van der Waals surface area contributed by atoms with Crippen LogP contribution in [0.3, 0.4) is 0 Å². The van der Waals surface area contributed by atoms with Gasteiger partial charge in [-0.05, 0) is 36.4 Å². The summed E-state index contributed by atoms with van der Waals surface area (Å²) < 4.78 is 32.9. The lowest BCUT2D eigenvalue weighted by molar-refractivity contribution is -0.116. The Balaban J connectivity index is 1.90. The number of ether oxygens (including phenoxy) is 1. The summed E-state index contributed by atoms with van der Waals surface area (Å²) >= 11 is 7.57. The van der Waals surface area contributed by atoms with Gasteiger partial charge in [-0.25, -0.2) is 8.42 Å². The van der Waals surface area contributed by atoms with Crippen LogP contribution in [0.15, 0.2) is 46.2 Å². The van der Waals surface area contributed by atoms with E-state index in [0.29, 0.717) is 28.6 Å². The van der Waals surface area contributed by atoms with Crippen molar-refractivity contribution in [3.05, 3.63) is 41.4 Å². The van der Waals surface area contributed by atoms with Gasteiger partial charge in [0.25, 0.3) is 10.0 Å². The molecular formula is C17H17ClN2O4S2. The predicted octanol–water partition coefficient (Wildman–Crippen LogP) is 3.97. The van der Waals surface area contributed by atoms with E-state index in [4.69, 9.17) is 16.3 Å². The average Bonchev–Trinajstić information content (AvgIpc) is 2.70. The van der Waals surface area contributed by atoms with Gasteiger partial charge in [0.05, 0.1) is 28.4 Å². The predicted molar refractivity (Wildman–Crippen MR) is 104 cm³/mol. The van der Waals surface area contributed by atoms with Crippen molar-refractivity contribution >= 4 is 50.7 Å². The van der Waals surface area contributed by atoms with Gasteiger partial charge in [-0.2, -0.15) is 0 Å². The molecular weight excluding hydrogens is 396 g/mol. The van der Waals surface area contributed by atoms with Crippen molar-refractivity contribution in [3.63, 3.8) is 0 Å². The summed E-state index contributed by atoms with van der Waals surface area (Å²) in [5.41, 5.74) is 0.817. The molecule has 0 saturated heterocycles. The third kappa shape index (κ3) is 4.08. The van der Waals surface area contributed by atoms with Crippen molar-refractivity contribution in [1.82, 2.24) is 0 Å². The van der Waals surface area contributed by atoms with Gasteiger partial charge in [0.2, 0.25) is 5.91 Å². The Hall–Kier alpha value is -1.90. The van der Waals surface area contributed by atoms with Crippen molar-refractivity contribution in [2.75, 3.05) is 17.1 Å². The molecule has 2 aromatic rings. The Morgan fingerprint density at radius 1 is 1.27 bits per heavy atom. The van der Waals surface area contributed by atoms with E-state index in [9.17, 15) is 13.2 Å². The van der Waals surface area contributed by atoms with Crippen LogP contribution in [0.5, 0.6) is 5.75 Å². The number of rotatable bonds is 4. The van der Waals surface area contributed by atoms with Crippen LogP contribution in [0, 0.1) is 0 Å². The zero-order valence-electron chi connectivity index (χ0n) is 14.1. The molecule has 9 heteroatoms. The van der Waals surface area contributed by atoms with Gasteiger partial charge >= 0.3 is 0 Å². The number of fused-ring (bicyclic) bond motifs is 1. The first-order chi connectivity index (χ1) is 12.3. The lowest BCUT2D eigenvalue weighted by atomic mass is 10.3. The molecule has 0 bridgehead atoms. The normalized spacial score (nSPS) is 17.0. The van der Waals surface area contributed by atoms with E-state index in [-0.39, 0.29) is 16.1 Å². The summed E-state index contributed by atoms with van der Waals surface area (Å²) in [5, 5.41) is 3.19. The maximum absolute atomic E-state index is 12.7. The lowest BCUT2D eigenvalue weighted by Gasteiger charge is -2.12. The van der Waals surface area contributed by atoms with Crippen LogP contribution in [0.2, 0.25) is 5.02 Å². The average molecular weight is 413 g/mol. The van der Waals surface area contributed by atoms with Crippen molar-refractivity contribution in [2.24, 2.45) is 0 Å². The third-order valence-electron chi connectivity index (χ3n) is 3.74. The fourth-order valence-corrected chi connectivity index (χ4v) is 4.93. The lowest BCUT2D eigenvalue weighted by Crippen LogP contribution is -2.15. The second kappa shape index (κ2) is 7.38. The Morgan fingerprint density at radius 3 is 2.73 bits per heavy atom. The summed E-state index contributed by atoms with van der Waals surface area (Å²) in [6.07, 6.45) is 0.379. The third-order valence-corrected chi connectivity index (χ3v) is 6.59. The summed E-state index contributed by atoms with van der Waals surface area (Å²) in [6, 6.07) is 9.30. The maximum Gasteiger partial charge on any atom is 0.261 e. The van der Waals surface area contributed by atoms with Crippen LogP contribution in [-0.4, -0.2) is 26.7 Å². The number of halogens is 1. The number of sulfonamides is 1. The standard InChI is InChI=1S/C17H17ClN2O4S2/c1-10-7-17(21)19-14-9-12(4-6-16(14)25-10)26(22,23)20-11-3-5-15(24-2)13(18)8-11/h3-6,8-10,20H,7H2,1-2H3,(H,19,21). The molecule has 0 aliphatic carbocycles. The van der Waals surface area contributed by atoms with Crippen LogP contribution in [-0.2, 0) is 14.8 Å². The number of carbonyl (C=O) groups is 1. The van der Waals surface area contributed by atoms with E-state index in [1.54, 1.807) is 18.2 Å². The fourth-order valence-electron chi connectivity index (χ4n) is 2.54. The molecule has 1 aliphatic rings.